The van der Waals surface area contributed by atoms with Crippen LogP contribution in [-0.4, -0.2) is 21.9 Å². The molecule has 0 amide bonds. The molecule has 3 aromatic carbocycles. The van der Waals surface area contributed by atoms with E-state index in [2.05, 4.69) is 93.1 Å². The van der Waals surface area contributed by atoms with Gasteiger partial charge in [0, 0.05) is 15.8 Å². The molecule has 0 saturated heterocycles. The molecular formula is C25H24BrN3OS. The number of halogens is 1. The molecule has 0 spiro atoms. The average molecular weight is 494 g/mol. The number of rotatable bonds is 7. The summed E-state index contributed by atoms with van der Waals surface area (Å²) in [5.41, 5.74) is 4.63. The Morgan fingerprint density at radius 3 is 2.32 bits per heavy atom. The van der Waals surface area contributed by atoms with Crippen molar-refractivity contribution in [2.75, 3.05) is 7.11 Å². The number of nitrogens with zero attached hydrogens (tertiary/aromatic N) is 3. The summed E-state index contributed by atoms with van der Waals surface area (Å²) < 4.78 is 8.58. The fraction of sp³-hybridized carbons (Fsp3) is 0.200. The van der Waals surface area contributed by atoms with Gasteiger partial charge in [-0.25, -0.2) is 0 Å². The van der Waals surface area contributed by atoms with Crippen LogP contribution in [0.2, 0.25) is 0 Å². The quantitative estimate of drug-likeness (QED) is 0.257. The zero-order chi connectivity index (χ0) is 21.8. The van der Waals surface area contributed by atoms with E-state index < -0.39 is 0 Å². The minimum Gasteiger partial charge on any atom is -0.497 e. The lowest BCUT2D eigenvalue weighted by molar-refractivity contribution is 0.415. The molecule has 0 bridgehead atoms. The monoisotopic (exact) mass is 493 g/mol. The fourth-order valence-electron chi connectivity index (χ4n) is 3.42. The second kappa shape index (κ2) is 9.71. The van der Waals surface area contributed by atoms with Crippen molar-refractivity contribution >= 4 is 27.7 Å². The number of thioether (sulfide) groups is 1. The normalized spacial score (nSPS) is 11.1. The molecule has 4 rings (SSSR count). The first-order valence-electron chi connectivity index (χ1n) is 10.1. The first kappa shape index (κ1) is 21.7. The molecule has 31 heavy (non-hydrogen) atoms. The summed E-state index contributed by atoms with van der Waals surface area (Å²) in [6.07, 6.45) is 0. The van der Waals surface area contributed by atoms with E-state index in [1.54, 1.807) is 18.9 Å². The highest BCUT2D eigenvalue weighted by Gasteiger charge is 2.19. The highest BCUT2D eigenvalue weighted by Crippen LogP contribution is 2.33. The maximum atomic E-state index is 5.32. The number of benzene rings is 3. The zero-order valence-electron chi connectivity index (χ0n) is 17.7. The van der Waals surface area contributed by atoms with Crippen molar-refractivity contribution < 1.29 is 4.74 Å². The van der Waals surface area contributed by atoms with E-state index in [1.807, 2.05) is 24.3 Å². The van der Waals surface area contributed by atoms with Crippen molar-refractivity contribution in [2.24, 2.45) is 0 Å². The highest BCUT2D eigenvalue weighted by molar-refractivity contribution is 9.10. The van der Waals surface area contributed by atoms with Crippen molar-refractivity contribution in [3.05, 3.63) is 88.4 Å². The van der Waals surface area contributed by atoms with Gasteiger partial charge < -0.3 is 4.74 Å². The van der Waals surface area contributed by atoms with E-state index in [9.17, 15) is 0 Å². The average Bonchev–Trinajstić information content (AvgIpc) is 3.22. The zero-order valence-corrected chi connectivity index (χ0v) is 20.2. The van der Waals surface area contributed by atoms with Crippen molar-refractivity contribution in [1.82, 2.24) is 14.8 Å². The van der Waals surface area contributed by atoms with Gasteiger partial charge in [0.25, 0.3) is 0 Å². The van der Waals surface area contributed by atoms with Gasteiger partial charge in [-0.1, -0.05) is 71.9 Å². The number of hydrogen-bond acceptors (Lipinski definition) is 4. The van der Waals surface area contributed by atoms with Gasteiger partial charge in [-0.15, -0.1) is 10.2 Å². The summed E-state index contributed by atoms with van der Waals surface area (Å²) in [5, 5.41) is 10.0. The molecule has 0 saturated carbocycles. The van der Waals surface area contributed by atoms with Crippen LogP contribution in [0.4, 0.5) is 0 Å². The van der Waals surface area contributed by atoms with Crippen molar-refractivity contribution in [1.29, 1.82) is 0 Å². The fourth-order valence-corrected chi connectivity index (χ4v) is 4.58. The predicted molar refractivity (Wildman–Crippen MR) is 131 cm³/mol. The maximum Gasteiger partial charge on any atom is 0.196 e. The second-order valence-corrected chi connectivity index (χ2v) is 9.36. The van der Waals surface area contributed by atoms with Gasteiger partial charge in [0.1, 0.15) is 5.75 Å². The van der Waals surface area contributed by atoms with E-state index in [1.165, 1.54) is 11.1 Å². The Morgan fingerprint density at radius 1 is 0.935 bits per heavy atom. The maximum absolute atomic E-state index is 5.32. The largest absolute Gasteiger partial charge is 0.497 e. The van der Waals surface area contributed by atoms with Gasteiger partial charge in [0.05, 0.1) is 12.8 Å². The molecule has 0 radical (unpaired) electrons. The standard InChI is InChI=1S/C25H24BrN3OS/c1-17(2)22-6-4-5-7-23(22)29-24(19-10-14-21(30-3)15-11-19)27-28-25(29)31-16-18-8-12-20(26)13-9-18/h4-15,17H,16H2,1-3H3. The number of hydrogen-bond donors (Lipinski definition) is 0. The molecule has 0 aliphatic carbocycles. The minimum atomic E-state index is 0.381. The second-order valence-electron chi connectivity index (χ2n) is 7.50. The van der Waals surface area contributed by atoms with Crippen LogP contribution in [-0.2, 0) is 5.75 Å². The first-order valence-corrected chi connectivity index (χ1v) is 11.9. The third kappa shape index (κ3) is 4.86. The molecule has 6 heteroatoms. The van der Waals surface area contributed by atoms with E-state index in [0.717, 1.165) is 38.2 Å². The van der Waals surface area contributed by atoms with Gasteiger partial charge in [-0.3, -0.25) is 4.57 Å². The molecule has 0 atom stereocenters. The van der Waals surface area contributed by atoms with E-state index >= 15 is 0 Å². The molecule has 1 heterocycles. The van der Waals surface area contributed by atoms with E-state index in [0.29, 0.717) is 5.92 Å². The molecule has 0 fully saturated rings. The SMILES string of the molecule is COc1ccc(-c2nnc(SCc3ccc(Br)cc3)n2-c2ccccc2C(C)C)cc1. The Morgan fingerprint density at radius 2 is 1.65 bits per heavy atom. The van der Waals surface area contributed by atoms with Crippen molar-refractivity contribution in [3.63, 3.8) is 0 Å². The summed E-state index contributed by atoms with van der Waals surface area (Å²) in [6, 6.07) is 24.8. The van der Waals surface area contributed by atoms with Gasteiger partial charge in [0.2, 0.25) is 0 Å². The van der Waals surface area contributed by atoms with Gasteiger partial charge >= 0.3 is 0 Å². The minimum absolute atomic E-state index is 0.381. The summed E-state index contributed by atoms with van der Waals surface area (Å²) >= 11 is 5.20. The third-order valence-corrected chi connectivity index (χ3v) is 6.59. The Balaban J connectivity index is 1.78. The summed E-state index contributed by atoms with van der Waals surface area (Å²) in [6.45, 7) is 4.43. The summed E-state index contributed by atoms with van der Waals surface area (Å²) in [5.74, 6) is 2.85. The number of para-hydroxylation sites is 1. The van der Waals surface area contributed by atoms with Gasteiger partial charge in [-0.05, 0) is 59.5 Å². The van der Waals surface area contributed by atoms with Crippen LogP contribution in [0.25, 0.3) is 17.1 Å². The molecule has 0 aliphatic heterocycles. The van der Waals surface area contributed by atoms with Crippen LogP contribution in [0.15, 0.2) is 82.4 Å². The molecule has 0 unspecified atom stereocenters. The lowest BCUT2D eigenvalue weighted by Gasteiger charge is -2.17. The Kier molecular flexibility index (Phi) is 6.78. The predicted octanol–water partition coefficient (Wildman–Crippen LogP) is 7.12. The van der Waals surface area contributed by atoms with Crippen LogP contribution in [0.1, 0.15) is 30.9 Å². The number of ether oxygens (including phenoxy) is 1. The molecule has 158 valence electrons. The third-order valence-electron chi connectivity index (χ3n) is 5.06. The Bertz CT molecular complexity index is 1150. The van der Waals surface area contributed by atoms with Crippen LogP contribution in [0.5, 0.6) is 5.75 Å². The summed E-state index contributed by atoms with van der Waals surface area (Å²) in [7, 11) is 1.67. The molecule has 4 aromatic rings. The van der Waals surface area contributed by atoms with E-state index in [4.69, 9.17) is 4.74 Å². The van der Waals surface area contributed by atoms with Crippen LogP contribution in [0, 0.1) is 0 Å². The topological polar surface area (TPSA) is 39.9 Å². The highest BCUT2D eigenvalue weighted by atomic mass is 79.9. The molecular weight excluding hydrogens is 470 g/mol. The molecule has 4 nitrogen and oxygen atoms in total. The van der Waals surface area contributed by atoms with E-state index in [-0.39, 0.29) is 0 Å². The lowest BCUT2D eigenvalue weighted by Crippen LogP contribution is -2.05. The Hall–Kier alpha value is -2.57. The van der Waals surface area contributed by atoms with Crippen LogP contribution in [0.3, 0.4) is 0 Å². The molecule has 1 aromatic heterocycles. The smallest absolute Gasteiger partial charge is 0.196 e. The molecule has 0 N–H and O–H groups in total. The van der Waals surface area contributed by atoms with Gasteiger partial charge in [0.15, 0.2) is 11.0 Å². The summed E-state index contributed by atoms with van der Waals surface area (Å²) in [4.78, 5) is 0. The number of methoxy groups -OCH3 is 1. The van der Waals surface area contributed by atoms with Crippen LogP contribution >= 0.6 is 27.7 Å². The first-order chi connectivity index (χ1) is 15.1. The van der Waals surface area contributed by atoms with Crippen molar-refractivity contribution in [2.45, 2.75) is 30.7 Å². The Labute approximate surface area is 195 Å². The van der Waals surface area contributed by atoms with Gasteiger partial charge in [-0.2, -0.15) is 0 Å². The lowest BCUT2D eigenvalue weighted by atomic mass is 10.0. The van der Waals surface area contributed by atoms with Crippen molar-refractivity contribution in [3.8, 4) is 22.8 Å². The van der Waals surface area contributed by atoms with Crippen LogP contribution < -0.4 is 4.74 Å². The number of aromatic nitrogens is 3. The molecule has 0 aliphatic rings.